The quantitative estimate of drug-likeness (QED) is 0.717. The van der Waals surface area contributed by atoms with Crippen LogP contribution >= 0.6 is 0 Å². The van der Waals surface area contributed by atoms with Crippen LogP contribution in [0.4, 0.5) is 4.39 Å². The van der Waals surface area contributed by atoms with Gasteiger partial charge >= 0.3 is 0 Å². The Morgan fingerprint density at radius 3 is 2.32 bits per heavy atom. The fraction of sp³-hybridized carbons (Fsp3) is 0.364. The average molecular weight is 386 g/mol. The third-order valence-corrected chi connectivity index (χ3v) is 4.54. The van der Waals surface area contributed by atoms with E-state index < -0.39 is 6.04 Å². The van der Waals surface area contributed by atoms with E-state index >= 15 is 0 Å². The highest BCUT2D eigenvalue weighted by molar-refractivity contribution is 5.88. The monoisotopic (exact) mass is 386 g/mol. The van der Waals surface area contributed by atoms with Crippen LogP contribution in [0.3, 0.4) is 0 Å². The lowest BCUT2D eigenvalue weighted by Crippen LogP contribution is -2.50. The molecule has 0 heterocycles. The summed E-state index contributed by atoms with van der Waals surface area (Å²) in [6.45, 7) is 5.57. The third kappa shape index (κ3) is 6.37. The molecule has 1 N–H and O–H groups in total. The van der Waals surface area contributed by atoms with Gasteiger partial charge in [-0.1, -0.05) is 37.3 Å². The third-order valence-electron chi connectivity index (χ3n) is 4.54. The van der Waals surface area contributed by atoms with Gasteiger partial charge in [0.25, 0.3) is 5.91 Å². The normalized spacial score (nSPS) is 12.7. The zero-order valence-corrected chi connectivity index (χ0v) is 16.5. The number of nitrogens with zero attached hydrogens (tertiary/aromatic N) is 1. The molecule has 0 radical (unpaired) electrons. The van der Waals surface area contributed by atoms with Crippen LogP contribution in [0.25, 0.3) is 0 Å². The number of benzene rings is 2. The Bertz CT molecular complexity index is 765. The van der Waals surface area contributed by atoms with E-state index in [2.05, 4.69) is 5.32 Å². The number of amides is 2. The van der Waals surface area contributed by atoms with Crippen molar-refractivity contribution in [2.75, 3.05) is 6.61 Å². The second kappa shape index (κ2) is 10.4. The first kappa shape index (κ1) is 21.4. The van der Waals surface area contributed by atoms with Gasteiger partial charge in [0.2, 0.25) is 5.91 Å². The minimum atomic E-state index is -0.689. The van der Waals surface area contributed by atoms with Crippen LogP contribution in [-0.4, -0.2) is 35.4 Å². The molecule has 0 spiro atoms. The van der Waals surface area contributed by atoms with Gasteiger partial charge in [0.05, 0.1) is 0 Å². The predicted molar refractivity (Wildman–Crippen MR) is 106 cm³/mol. The molecule has 0 aliphatic rings. The SMILES string of the molecule is CC[C@H](C)NC(=O)[C@@H](C)N(Cc1ccc(F)cc1)C(=O)COc1ccccc1. The second-order valence-electron chi connectivity index (χ2n) is 6.74. The molecule has 0 bridgehead atoms. The zero-order chi connectivity index (χ0) is 20.5. The smallest absolute Gasteiger partial charge is 0.261 e. The number of ether oxygens (including phenoxy) is 1. The van der Waals surface area contributed by atoms with Crippen LogP contribution in [0.5, 0.6) is 5.75 Å². The topological polar surface area (TPSA) is 58.6 Å². The van der Waals surface area contributed by atoms with Gasteiger partial charge in [0.15, 0.2) is 6.61 Å². The minimum Gasteiger partial charge on any atom is -0.484 e. The molecular weight excluding hydrogens is 359 g/mol. The van der Waals surface area contributed by atoms with E-state index in [1.807, 2.05) is 32.0 Å². The molecule has 2 rings (SSSR count). The summed E-state index contributed by atoms with van der Waals surface area (Å²) in [5.41, 5.74) is 0.734. The molecule has 0 fully saturated rings. The highest BCUT2D eigenvalue weighted by Crippen LogP contribution is 2.13. The molecule has 0 aliphatic heterocycles. The molecule has 150 valence electrons. The van der Waals surface area contributed by atoms with E-state index in [9.17, 15) is 14.0 Å². The largest absolute Gasteiger partial charge is 0.484 e. The van der Waals surface area contributed by atoms with Crippen LogP contribution in [0, 0.1) is 5.82 Å². The average Bonchev–Trinajstić information content (AvgIpc) is 2.71. The van der Waals surface area contributed by atoms with Crippen molar-refractivity contribution in [2.45, 2.75) is 45.8 Å². The van der Waals surface area contributed by atoms with Crippen LogP contribution in [-0.2, 0) is 16.1 Å². The van der Waals surface area contributed by atoms with Crippen molar-refractivity contribution in [3.8, 4) is 5.75 Å². The van der Waals surface area contributed by atoms with E-state index in [0.29, 0.717) is 5.75 Å². The molecule has 2 aromatic rings. The van der Waals surface area contributed by atoms with Crippen LogP contribution in [0.1, 0.15) is 32.8 Å². The summed E-state index contributed by atoms with van der Waals surface area (Å²) >= 11 is 0. The van der Waals surface area contributed by atoms with Crippen LogP contribution in [0.15, 0.2) is 54.6 Å². The summed E-state index contributed by atoms with van der Waals surface area (Å²) in [5.74, 6) is -0.324. The maximum atomic E-state index is 13.2. The molecule has 28 heavy (non-hydrogen) atoms. The molecule has 0 aliphatic carbocycles. The van der Waals surface area contributed by atoms with Crippen molar-refractivity contribution in [1.82, 2.24) is 10.2 Å². The van der Waals surface area contributed by atoms with E-state index in [0.717, 1.165) is 12.0 Å². The standard InChI is InChI=1S/C22H27FN2O3/c1-4-16(2)24-22(27)17(3)25(14-18-10-12-19(23)13-11-18)21(26)15-28-20-8-6-5-7-9-20/h5-13,16-17H,4,14-15H2,1-3H3,(H,24,27)/t16-,17+/m0/s1. The highest BCUT2D eigenvalue weighted by Gasteiger charge is 2.27. The summed E-state index contributed by atoms with van der Waals surface area (Å²) in [6.07, 6.45) is 0.793. The highest BCUT2D eigenvalue weighted by atomic mass is 19.1. The summed E-state index contributed by atoms with van der Waals surface area (Å²) in [4.78, 5) is 26.9. The maximum Gasteiger partial charge on any atom is 0.261 e. The number of hydrogen-bond donors (Lipinski definition) is 1. The van der Waals surface area contributed by atoms with Crippen molar-refractivity contribution in [3.63, 3.8) is 0 Å². The van der Waals surface area contributed by atoms with E-state index in [4.69, 9.17) is 4.74 Å². The number of halogens is 1. The lowest BCUT2D eigenvalue weighted by molar-refractivity contribution is -0.142. The summed E-state index contributed by atoms with van der Waals surface area (Å²) in [6, 6.07) is 14.2. The van der Waals surface area contributed by atoms with Gasteiger partial charge in [0, 0.05) is 12.6 Å². The van der Waals surface area contributed by atoms with E-state index in [1.165, 1.54) is 17.0 Å². The van der Waals surface area contributed by atoms with Crippen molar-refractivity contribution < 1.29 is 18.7 Å². The van der Waals surface area contributed by atoms with Crippen molar-refractivity contribution in [1.29, 1.82) is 0 Å². The molecule has 6 heteroatoms. The zero-order valence-electron chi connectivity index (χ0n) is 16.5. The lowest BCUT2D eigenvalue weighted by atomic mass is 10.1. The van der Waals surface area contributed by atoms with Gasteiger partial charge in [-0.15, -0.1) is 0 Å². The van der Waals surface area contributed by atoms with E-state index in [1.54, 1.807) is 31.2 Å². The van der Waals surface area contributed by atoms with Crippen molar-refractivity contribution >= 4 is 11.8 Å². The molecule has 0 unspecified atom stereocenters. The number of para-hydroxylation sites is 1. The van der Waals surface area contributed by atoms with Crippen LogP contribution < -0.4 is 10.1 Å². The first-order valence-electron chi connectivity index (χ1n) is 9.42. The van der Waals surface area contributed by atoms with Gasteiger partial charge in [0.1, 0.15) is 17.6 Å². The minimum absolute atomic E-state index is 0.0123. The lowest BCUT2D eigenvalue weighted by Gasteiger charge is -2.29. The fourth-order valence-electron chi connectivity index (χ4n) is 2.58. The number of carbonyl (C=O) groups excluding carboxylic acids is 2. The van der Waals surface area contributed by atoms with E-state index in [-0.39, 0.29) is 36.8 Å². The first-order chi connectivity index (χ1) is 13.4. The Balaban J connectivity index is 2.12. The van der Waals surface area contributed by atoms with Crippen molar-refractivity contribution in [2.24, 2.45) is 0 Å². The first-order valence-corrected chi connectivity index (χ1v) is 9.42. The maximum absolute atomic E-state index is 13.2. The van der Waals surface area contributed by atoms with Gasteiger partial charge in [-0.2, -0.15) is 0 Å². The fourth-order valence-corrected chi connectivity index (χ4v) is 2.58. The van der Waals surface area contributed by atoms with Crippen molar-refractivity contribution in [3.05, 3.63) is 66.0 Å². The number of nitrogens with one attached hydrogen (secondary N) is 1. The molecule has 0 aromatic heterocycles. The Kier molecular flexibility index (Phi) is 7.99. The van der Waals surface area contributed by atoms with Crippen LogP contribution in [0.2, 0.25) is 0 Å². The van der Waals surface area contributed by atoms with Gasteiger partial charge < -0.3 is 15.0 Å². The molecule has 2 amide bonds. The molecule has 0 saturated heterocycles. The Hall–Kier alpha value is -2.89. The predicted octanol–water partition coefficient (Wildman–Crippen LogP) is 3.54. The van der Waals surface area contributed by atoms with Gasteiger partial charge in [-0.05, 0) is 50.1 Å². The summed E-state index contributed by atoms with van der Waals surface area (Å²) in [5, 5.41) is 2.90. The Morgan fingerprint density at radius 2 is 1.71 bits per heavy atom. The second-order valence-corrected chi connectivity index (χ2v) is 6.74. The Labute approximate surface area is 165 Å². The number of carbonyl (C=O) groups is 2. The molecule has 5 nitrogen and oxygen atoms in total. The Morgan fingerprint density at radius 1 is 1.07 bits per heavy atom. The molecule has 2 atom stereocenters. The van der Waals surface area contributed by atoms with Gasteiger partial charge in [-0.3, -0.25) is 9.59 Å². The number of hydrogen-bond acceptors (Lipinski definition) is 3. The molecular formula is C22H27FN2O3. The molecule has 2 aromatic carbocycles. The summed E-state index contributed by atoms with van der Waals surface area (Å²) in [7, 11) is 0. The number of rotatable bonds is 9. The van der Waals surface area contributed by atoms with Gasteiger partial charge in [-0.25, -0.2) is 4.39 Å². The molecule has 0 saturated carbocycles. The summed E-state index contributed by atoms with van der Waals surface area (Å²) < 4.78 is 18.8.